The number of piperidine rings is 1. The molecule has 214 valence electrons. The molecule has 0 spiro atoms. The van der Waals surface area contributed by atoms with E-state index in [-0.39, 0.29) is 17.5 Å². The van der Waals surface area contributed by atoms with Gasteiger partial charge in [0.05, 0.1) is 18.2 Å². The number of carbonyl (C=O) groups is 3. The van der Waals surface area contributed by atoms with Crippen LogP contribution in [0.3, 0.4) is 0 Å². The number of hydrogen-bond acceptors (Lipinski definition) is 5. The summed E-state index contributed by atoms with van der Waals surface area (Å²) in [7, 11) is 1.59. The van der Waals surface area contributed by atoms with Gasteiger partial charge in [-0.1, -0.05) is 12.1 Å². The van der Waals surface area contributed by atoms with Gasteiger partial charge in [0.15, 0.2) is 0 Å². The van der Waals surface area contributed by atoms with Crippen LogP contribution in [0.15, 0.2) is 66.7 Å². The second kappa shape index (κ2) is 12.7. The number of anilines is 3. The first-order valence-corrected chi connectivity index (χ1v) is 13.9. The fourth-order valence-electron chi connectivity index (χ4n) is 5.20. The van der Waals surface area contributed by atoms with Gasteiger partial charge in [0.25, 0.3) is 11.8 Å². The minimum Gasteiger partial charge on any atom is -0.497 e. The monoisotopic (exact) mass is 559 g/mol. The van der Waals surface area contributed by atoms with Crippen LogP contribution >= 0.6 is 0 Å². The first kappa shape index (κ1) is 27.9. The number of methoxy groups -OCH3 is 1. The minimum atomic E-state index is -0.611. The van der Waals surface area contributed by atoms with Gasteiger partial charge in [-0.15, -0.1) is 0 Å². The normalized spacial score (nSPS) is 15.3. The lowest BCUT2D eigenvalue weighted by molar-refractivity contribution is 0.0724. The molecule has 0 aliphatic carbocycles. The average molecular weight is 560 g/mol. The van der Waals surface area contributed by atoms with E-state index in [1.54, 1.807) is 54.5 Å². The Morgan fingerprint density at radius 2 is 1.41 bits per heavy atom. The van der Waals surface area contributed by atoms with Crippen molar-refractivity contribution < 1.29 is 23.5 Å². The summed E-state index contributed by atoms with van der Waals surface area (Å²) in [6.45, 7) is 3.40. The van der Waals surface area contributed by atoms with Gasteiger partial charge in [-0.05, 0) is 73.9 Å². The summed E-state index contributed by atoms with van der Waals surface area (Å²) in [6, 6.07) is 18.0. The van der Waals surface area contributed by atoms with Crippen molar-refractivity contribution in [3.63, 3.8) is 0 Å². The highest BCUT2D eigenvalue weighted by molar-refractivity contribution is 6.06. The number of nitrogens with zero attached hydrogens (tertiary/aromatic N) is 3. The lowest BCUT2D eigenvalue weighted by atomic mass is 10.1. The number of benzene rings is 3. The minimum absolute atomic E-state index is 0.0653. The van der Waals surface area contributed by atoms with Crippen molar-refractivity contribution in [2.45, 2.75) is 19.3 Å². The zero-order chi connectivity index (χ0) is 28.8. The summed E-state index contributed by atoms with van der Waals surface area (Å²) in [5.74, 6) is -0.574. The fraction of sp³-hybridized carbons (Fsp3) is 0.323. The maximum Gasteiger partial charge on any atom is 0.321 e. The molecule has 2 heterocycles. The van der Waals surface area contributed by atoms with Gasteiger partial charge in [-0.3, -0.25) is 9.59 Å². The molecule has 0 atom stereocenters. The summed E-state index contributed by atoms with van der Waals surface area (Å²) in [5, 5.41) is 5.66. The summed E-state index contributed by atoms with van der Waals surface area (Å²) in [5.41, 5.74) is 2.26. The molecule has 2 fully saturated rings. The number of hydrogen-bond donors (Lipinski definition) is 2. The van der Waals surface area contributed by atoms with Crippen molar-refractivity contribution in [1.29, 1.82) is 0 Å². The molecular formula is C31H34FN5O4. The second-order valence-electron chi connectivity index (χ2n) is 10.2. The molecule has 0 saturated carbocycles. The maximum absolute atomic E-state index is 14.2. The van der Waals surface area contributed by atoms with Gasteiger partial charge >= 0.3 is 6.03 Å². The van der Waals surface area contributed by atoms with Gasteiger partial charge < -0.3 is 30.1 Å². The number of ether oxygens (including phenoxy) is 1. The van der Waals surface area contributed by atoms with E-state index in [1.165, 1.54) is 18.2 Å². The van der Waals surface area contributed by atoms with Gasteiger partial charge in [-0.25, -0.2) is 9.18 Å². The van der Waals surface area contributed by atoms with Crippen molar-refractivity contribution in [1.82, 2.24) is 9.80 Å². The lowest BCUT2D eigenvalue weighted by Crippen LogP contribution is -2.50. The molecule has 3 aromatic carbocycles. The summed E-state index contributed by atoms with van der Waals surface area (Å²) in [6.07, 6.45) is 3.00. The van der Waals surface area contributed by atoms with Gasteiger partial charge in [-0.2, -0.15) is 0 Å². The van der Waals surface area contributed by atoms with Crippen LogP contribution in [0.1, 0.15) is 40.0 Å². The Labute approximate surface area is 238 Å². The third-order valence-electron chi connectivity index (χ3n) is 7.50. The number of amides is 4. The van der Waals surface area contributed by atoms with Crippen LogP contribution in [0.5, 0.6) is 5.75 Å². The van der Waals surface area contributed by atoms with Crippen LogP contribution in [0, 0.1) is 5.82 Å². The smallest absolute Gasteiger partial charge is 0.321 e. The highest BCUT2D eigenvalue weighted by Gasteiger charge is 2.27. The Kier molecular flexibility index (Phi) is 8.67. The number of nitrogens with one attached hydrogen (secondary N) is 2. The number of piperazine rings is 1. The predicted octanol–water partition coefficient (Wildman–Crippen LogP) is 5.07. The molecule has 2 saturated heterocycles. The standard InChI is InChI=1S/C31H34FN5O4/c1-41-24-12-9-22(10-13-24)34-31(40)37-19-17-35(18-20-37)28-14-11-23(33-29(38)25-7-3-4-8-27(25)32)21-26(28)30(39)36-15-5-2-6-16-36/h3-4,7-14,21H,2,5-6,15-20H2,1H3,(H,33,38)(H,34,40). The van der Waals surface area contributed by atoms with Gasteiger partial charge in [0, 0.05) is 56.3 Å². The third-order valence-corrected chi connectivity index (χ3v) is 7.50. The topological polar surface area (TPSA) is 94.2 Å². The molecule has 2 aliphatic heterocycles. The molecule has 10 heteroatoms. The number of likely N-dealkylation sites (tertiary alicyclic amines) is 1. The van der Waals surface area contributed by atoms with Crippen LogP contribution in [0.4, 0.5) is 26.2 Å². The lowest BCUT2D eigenvalue weighted by Gasteiger charge is -2.37. The molecule has 2 aliphatic rings. The number of rotatable bonds is 6. The Balaban J connectivity index is 1.31. The van der Waals surface area contributed by atoms with Crippen LogP contribution in [0.2, 0.25) is 0 Å². The van der Waals surface area contributed by atoms with Crippen molar-refractivity contribution in [2.24, 2.45) is 0 Å². The quantitative estimate of drug-likeness (QED) is 0.440. The predicted molar refractivity (Wildman–Crippen MR) is 156 cm³/mol. The molecule has 4 amide bonds. The molecule has 41 heavy (non-hydrogen) atoms. The first-order valence-electron chi connectivity index (χ1n) is 13.9. The zero-order valence-electron chi connectivity index (χ0n) is 23.1. The zero-order valence-corrected chi connectivity index (χ0v) is 23.1. The number of urea groups is 1. The first-order chi connectivity index (χ1) is 19.9. The average Bonchev–Trinajstić information content (AvgIpc) is 3.01. The number of carbonyl (C=O) groups excluding carboxylic acids is 3. The van der Waals surface area contributed by atoms with E-state index in [1.807, 2.05) is 11.0 Å². The molecule has 0 unspecified atom stereocenters. The Hall–Kier alpha value is -4.60. The highest BCUT2D eigenvalue weighted by Crippen LogP contribution is 2.29. The third kappa shape index (κ3) is 6.59. The van der Waals surface area contributed by atoms with Crippen LogP contribution in [0.25, 0.3) is 0 Å². The van der Waals surface area contributed by atoms with E-state index in [9.17, 15) is 18.8 Å². The van der Waals surface area contributed by atoms with Crippen LogP contribution in [-0.4, -0.2) is 74.0 Å². The highest BCUT2D eigenvalue weighted by atomic mass is 19.1. The largest absolute Gasteiger partial charge is 0.497 e. The number of halogens is 1. The van der Waals surface area contributed by atoms with Gasteiger partial charge in [0.1, 0.15) is 11.6 Å². The summed E-state index contributed by atoms with van der Waals surface area (Å²) < 4.78 is 19.3. The Morgan fingerprint density at radius 1 is 0.732 bits per heavy atom. The molecule has 9 nitrogen and oxygen atoms in total. The van der Waals surface area contributed by atoms with Crippen molar-refractivity contribution in [3.05, 3.63) is 83.7 Å². The van der Waals surface area contributed by atoms with E-state index < -0.39 is 11.7 Å². The second-order valence-corrected chi connectivity index (χ2v) is 10.2. The van der Waals surface area contributed by atoms with E-state index in [0.29, 0.717) is 62.0 Å². The molecule has 5 rings (SSSR count). The van der Waals surface area contributed by atoms with E-state index in [2.05, 4.69) is 15.5 Å². The van der Waals surface area contributed by atoms with E-state index >= 15 is 0 Å². The van der Waals surface area contributed by atoms with Crippen molar-refractivity contribution in [2.75, 3.05) is 61.9 Å². The summed E-state index contributed by atoms with van der Waals surface area (Å²) >= 11 is 0. The summed E-state index contributed by atoms with van der Waals surface area (Å²) in [4.78, 5) is 45.0. The molecule has 0 radical (unpaired) electrons. The molecule has 3 aromatic rings. The van der Waals surface area contributed by atoms with Crippen molar-refractivity contribution >= 4 is 34.9 Å². The molecule has 2 N–H and O–H groups in total. The fourth-order valence-corrected chi connectivity index (χ4v) is 5.20. The molecule has 0 bridgehead atoms. The van der Waals surface area contributed by atoms with Crippen LogP contribution in [-0.2, 0) is 0 Å². The van der Waals surface area contributed by atoms with E-state index in [0.717, 1.165) is 24.9 Å². The SMILES string of the molecule is COc1ccc(NC(=O)N2CCN(c3ccc(NC(=O)c4ccccc4F)cc3C(=O)N3CCCCC3)CC2)cc1. The van der Waals surface area contributed by atoms with E-state index in [4.69, 9.17) is 4.74 Å². The van der Waals surface area contributed by atoms with Crippen molar-refractivity contribution in [3.8, 4) is 5.75 Å². The Morgan fingerprint density at radius 3 is 2.10 bits per heavy atom. The molecule has 0 aromatic heterocycles. The van der Waals surface area contributed by atoms with Crippen LogP contribution < -0.4 is 20.3 Å². The molecular weight excluding hydrogens is 525 g/mol. The van der Waals surface area contributed by atoms with Gasteiger partial charge in [0.2, 0.25) is 0 Å². The maximum atomic E-state index is 14.2. The Bertz CT molecular complexity index is 1400.